The summed E-state index contributed by atoms with van der Waals surface area (Å²) in [5.41, 5.74) is 5.65. The molecule has 0 bridgehead atoms. The van der Waals surface area contributed by atoms with Crippen molar-refractivity contribution in [1.82, 2.24) is 10.1 Å². The highest BCUT2D eigenvalue weighted by molar-refractivity contribution is 7.15. The molecular weight excluding hydrogens is 424 g/mol. The highest BCUT2D eigenvalue weighted by Crippen LogP contribution is 2.44. The Labute approximate surface area is 193 Å². The molecule has 3 aromatic rings. The Morgan fingerprint density at radius 2 is 1.75 bits per heavy atom. The lowest BCUT2D eigenvalue weighted by molar-refractivity contribution is 0.105. The molecule has 1 aliphatic carbocycles. The van der Waals surface area contributed by atoms with E-state index in [4.69, 9.17) is 14.2 Å². The average Bonchev–Trinajstić information content (AvgIpc) is 3.47. The lowest BCUT2D eigenvalue weighted by Crippen LogP contribution is -2.20. The summed E-state index contributed by atoms with van der Waals surface area (Å²) in [4.78, 5) is 7.22. The number of thiophene rings is 1. The molecule has 7 heteroatoms. The summed E-state index contributed by atoms with van der Waals surface area (Å²) in [6, 6.07) is 3.98. The van der Waals surface area contributed by atoms with E-state index in [2.05, 4.69) is 25.9 Å². The fraction of sp³-hybridized carbons (Fsp3) is 0.520. The molecule has 172 valence electrons. The topological polar surface area (TPSA) is 88.6 Å². The van der Waals surface area contributed by atoms with Gasteiger partial charge in [-0.05, 0) is 79.8 Å². The smallest absolute Gasteiger partial charge is 0.268 e. The molecule has 0 saturated carbocycles. The molecule has 1 unspecified atom stereocenters. The van der Waals surface area contributed by atoms with Crippen LogP contribution < -0.4 is 4.74 Å². The summed E-state index contributed by atoms with van der Waals surface area (Å²) in [5.74, 6) is 2.98. The van der Waals surface area contributed by atoms with E-state index in [1.807, 2.05) is 26.0 Å². The molecule has 0 radical (unpaired) electrons. The van der Waals surface area contributed by atoms with Gasteiger partial charge in [-0.1, -0.05) is 19.0 Å². The number of fused-ring (bicyclic) bond motifs is 1. The zero-order chi connectivity index (χ0) is 23.0. The van der Waals surface area contributed by atoms with Gasteiger partial charge in [0.1, 0.15) is 5.75 Å². The van der Waals surface area contributed by atoms with E-state index in [0.717, 1.165) is 40.2 Å². The Hall–Kier alpha value is -2.22. The van der Waals surface area contributed by atoms with Gasteiger partial charge >= 0.3 is 0 Å². The second kappa shape index (κ2) is 9.33. The lowest BCUT2D eigenvalue weighted by atomic mass is 9.93. The highest BCUT2D eigenvalue weighted by atomic mass is 32.1. The molecule has 1 atom stereocenters. The number of aliphatic hydroxyl groups is 2. The third-order valence-corrected chi connectivity index (χ3v) is 7.69. The van der Waals surface area contributed by atoms with Crippen molar-refractivity contribution in [2.75, 3.05) is 19.8 Å². The second-order valence-electron chi connectivity index (χ2n) is 9.26. The fourth-order valence-corrected chi connectivity index (χ4v) is 5.59. The van der Waals surface area contributed by atoms with Gasteiger partial charge in [0.25, 0.3) is 5.89 Å². The first-order valence-electron chi connectivity index (χ1n) is 11.2. The molecule has 0 fully saturated rings. The van der Waals surface area contributed by atoms with Gasteiger partial charge in [-0.2, -0.15) is 4.98 Å². The number of ether oxygens (including phenoxy) is 1. The van der Waals surface area contributed by atoms with Gasteiger partial charge < -0.3 is 19.5 Å². The predicted octanol–water partition coefficient (Wildman–Crippen LogP) is 4.74. The molecule has 0 aliphatic heterocycles. The van der Waals surface area contributed by atoms with Crippen LogP contribution in [0.5, 0.6) is 5.75 Å². The van der Waals surface area contributed by atoms with E-state index >= 15 is 0 Å². The lowest BCUT2D eigenvalue weighted by Gasteiger charge is -2.16. The SMILES string of the molecule is Cc1cc(-c2noc(-c3sc(C)c4c3CC(C(C)C)C4)n2)cc(C)c1OCC(CO)CO. The van der Waals surface area contributed by atoms with Crippen molar-refractivity contribution in [2.45, 2.75) is 47.5 Å². The molecule has 1 aromatic carbocycles. The van der Waals surface area contributed by atoms with E-state index in [1.165, 1.54) is 16.0 Å². The van der Waals surface area contributed by atoms with Crippen LogP contribution in [-0.4, -0.2) is 40.2 Å². The Morgan fingerprint density at radius 1 is 1.09 bits per heavy atom. The van der Waals surface area contributed by atoms with Crippen LogP contribution in [0.3, 0.4) is 0 Å². The summed E-state index contributed by atoms with van der Waals surface area (Å²) >= 11 is 1.76. The Bertz CT molecular complexity index is 1070. The van der Waals surface area contributed by atoms with Gasteiger partial charge in [-0.25, -0.2) is 0 Å². The number of aromatic nitrogens is 2. The van der Waals surface area contributed by atoms with Gasteiger partial charge in [0, 0.05) is 16.4 Å². The Balaban J connectivity index is 1.58. The first kappa shape index (κ1) is 23.0. The van der Waals surface area contributed by atoms with Crippen LogP contribution in [0.25, 0.3) is 22.2 Å². The normalized spacial score (nSPS) is 15.7. The molecule has 32 heavy (non-hydrogen) atoms. The van der Waals surface area contributed by atoms with Crippen LogP contribution in [0.4, 0.5) is 0 Å². The van der Waals surface area contributed by atoms with E-state index in [0.29, 0.717) is 23.6 Å². The summed E-state index contributed by atoms with van der Waals surface area (Å²) in [7, 11) is 0. The quantitative estimate of drug-likeness (QED) is 0.509. The van der Waals surface area contributed by atoms with Gasteiger partial charge in [-0.15, -0.1) is 11.3 Å². The standard InChI is InChI=1S/C25H32N2O4S/c1-13(2)18-8-20-16(5)32-23(21(20)9-18)25-26-24(27-31-25)19-6-14(3)22(15(4)7-19)30-12-17(10-28)11-29/h6-7,13,17-18,28-29H,8-12H2,1-5H3. The van der Waals surface area contributed by atoms with Gasteiger partial charge in [-0.3, -0.25) is 0 Å². The summed E-state index contributed by atoms with van der Waals surface area (Å²) < 4.78 is 11.6. The number of nitrogens with zero attached hydrogens (tertiary/aromatic N) is 2. The largest absolute Gasteiger partial charge is 0.493 e. The number of benzene rings is 1. The molecule has 2 aromatic heterocycles. The van der Waals surface area contributed by atoms with Crippen molar-refractivity contribution in [3.63, 3.8) is 0 Å². The minimum Gasteiger partial charge on any atom is -0.493 e. The van der Waals surface area contributed by atoms with Crippen molar-refractivity contribution in [2.24, 2.45) is 17.8 Å². The van der Waals surface area contributed by atoms with Crippen LogP contribution >= 0.6 is 11.3 Å². The number of rotatable bonds is 8. The van der Waals surface area contributed by atoms with Crippen LogP contribution in [0.1, 0.15) is 41.0 Å². The zero-order valence-corrected chi connectivity index (χ0v) is 20.3. The van der Waals surface area contributed by atoms with Crippen molar-refractivity contribution in [3.8, 4) is 27.9 Å². The molecule has 0 saturated heterocycles. The molecular formula is C25H32N2O4S. The van der Waals surface area contributed by atoms with Crippen LogP contribution in [0.2, 0.25) is 0 Å². The molecule has 0 amide bonds. The minimum atomic E-state index is -0.292. The van der Waals surface area contributed by atoms with Crippen molar-refractivity contribution in [1.29, 1.82) is 0 Å². The van der Waals surface area contributed by atoms with E-state index in [-0.39, 0.29) is 25.7 Å². The fourth-order valence-electron chi connectivity index (χ4n) is 4.45. The van der Waals surface area contributed by atoms with Gasteiger partial charge in [0.15, 0.2) is 0 Å². The summed E-state index contributed by atoms with van der Waals surface area (Å²) in [6.45, 7) is 10.8. The Morgan fingerprint density at radius 3 is 2.38 bits per heavy atom. The molecule has 0 spiro atoms. The number of aliphatic hydroxyl groups excluding tert-OH is 2. The molecule has 4 rings (SSSR count). The molecule has 2 N–H and O–H groups in total. The predicted molar refractivity (Wildman–Crippen MR) is 126 cm³/mol. The summed E-state index contributed by atoms with van der Waals surface area (Å²) in [5, 5.41) is 22.8. The van der Waals surface area contributed by atoms with E-state index < -0.39 is 0 Å². The first-order chi connectivity index (χ1) is 15.3. The van der Waals surface area contributed by atoms with Crippen molar-refractivity contribution >= 4 is 11.3 Å². The first-order valence-corrected chi connectivity index (χ1v) is 12.0. The zero-order valence-electron chi connectivity index (χ0n) is 19.4. The maximum atomic E-state index is 9.27. The molecule has 1 aliphatic rings. The van der Waals surface area contributed by atoms with E-state index in [1.54, 1.807) is 11.3 Å². The maximum Gasteiger partial charge on any atom is 0.268 e. The average molecular weight is 457 g/mol. The van der Waals surface area contributed by atoms with Crippen LogP contribution in [0.15, 0.2) is 16.7 Å². The number of aryl methyl sites for hydroxylation is 3. The number of hydrogen-bond donors (Lipinski definition) is 2. The van der Waals surface area contributed by atoms with Crippen LogP contribution in [0, 0.1) is 38.5 Å². The van der Waals surface area contributed by atoms with Crippen LogP contribution in [-0.2, 0) is 12.8 Å². The minimum absolute atomic E-state index is 0.109. The second-order valence-corrected chi connectivity index (χ2v) is 10.5. The van der Waals surface area contributed by atoms with Gasteiger partial charge in [0.05, 0.1) is 24.7 Å². The maximum absolute atomic E-state index is 9.27. The highest BCUT2D eigenvalue weighted by Gasteiger charge is 2.31. The van der Waals surface area contributed by atoms with E-state index in [9.17, 15) is 10.2 Å². The molecule has 6 nitrogen and oxygen atoms in total. The third kappa shape index (κ3) is 4.34. The summed E-state index contributed by atoms with van der Waals surface area (Å²) in [6.07, 6.45) is 2.22. The molecule has 2 heterocycles. The third-order valence-electron chi connectivity index (χ3n) is 6.51. The Kier molecular flexibility index (Phi) is 6.70. The van der Waals surface area contributed by atoms with Crippen molar-refractivity contribution in [3.05, 3.63) is 39.3 Å². The van der Waals surface area contributed by atoms with Crippen molar-refractivity contribution < 1.29 is 19.5 Å². The monoisotopic (exact) mass is 456 g/mol. The number of hydrogen-bond acceptors (Lipinski definition) is 7. The van der Waals surface area contributed by atoms with Gasteiger partial charge in [0.2, 0.25) is 5.82 Å².